The number of nitrogens with one attached hydrogen (secondary N) is 2. The topological polar surface area (TPSA) is 131 Å². The number of hydrogen-bond acceptors (Lipinski definition) is 5. The molecular weight excluding hydrogens is 520 g/mol. The van der Waals surface area contributed by atoms with Crippen molar-refractivity contribution in [2.24, 2.45) is 5.73 Å². The molecule has 0 bridgehead atoms. The number of aryl methyl sites for hydroxylation is 2. The molecule has 2 rings (SSSR count). The second-order valence-corrected chi connectivity index (χ2v) is 11.8. The summed E-state index contributed by atoms with van der Waals surface area (Å²) in [5.41, 5.74) is 7.44. The van der Waals surface area contributed by atoms with Gasteiger partial charge in [-0.25, -0.2) is 4.79 Å². The molecule has 2 unspecified atom stereocenters. The van der Waals surface area contributed by atoms with Gasteiger partial charge < -0.3 is 26.0 Å². The maximum Gasteiger partial charge on any atom is 0.408 e. The Morgan fingerprint density at radius 3 is 2.12 bits per heavy atom. The van der Waals surface area contributed by atoms with E-state index in [4.69, 9.17) is 10.5 Å². The van der Waals surface area contributed by atoms with Crippen LogP contribution in [0.3, 0.4) is 0 Å². The van der Waals surface area contributed by atoms with Crippen LogP contribution in [0.5, 0.6) is 0 Å². The number of para-hydroxylation sites is 1. The lowest BCUT2D eigenvalue weighted by atomic mass is 9.91. The molecule has 2 atom stereocenters. The lowest BCUT2D eigenvalue weighted by molar-refractivity contribution is -0.148. The minimum absolute atomic E-state index is 0.450. The molecule has 0 aliphatic heterocycles. The number of anilines is 1. The second-order valence-electron chi connectivity index (χ2n) is 11.8. The van der Waals surface area contributed by atoms with Crippen LogP contribution in [0.25, 0.3) is 6.08 Å². The number of carbonyl (C=O) groups is 4. The molecule has 2 aromatic rings. The van der Waals surface area contributed by atoms with Crippen LogP contribution >= 0.6 is 0 Å². The monoisotopic (exact) mass is 564 g/mol. The van der Waals surface area contributed by atoms with Crippen LogP contribution in [0.4, 0.5) is 10.5 Å². The van der Waals surface area contributed by atoms with Gasteiger partial charge in [0.2, 0.25) is 11.8 Å². The average Bonchev–Trinajstić information content (AvgIpc) is 2.87. The van der Waals surface area contributed by atoms with Crippen LogP contribution in [0.1, 0.15) is 82.7 Å². The number of alkyl carbamates (subject to hydrolysis) is 1. The number of hydrogen-bond donors (Lipinski definition) is 3. The Morgan fingerprint density at radius 1 is 1.02 bits per heavy atom. The summed E-state index contributed by atoms with van der Waals surface area (Å²) >= 11 is 0. The third-order valence-corrected chi connectivity index (χ3v) is 6.85. The highest BCUT2D eigenvalue weighted by Gasteiger charge is 2.43. The molecule has 4 N–H and O–H groups in total. The van der Waals surface area contributed by atoms with Gasteiger partial charge in [-0.3, -0.25) is 14.4 Å². The van der Waals surface area contributed by atoms with E-state index in [1.165, 1.54) is 4.90 Å². The van der Waals surface area contributed by atoms with Crippen molar-refractivity contribution in [2.45, 2.75) is 91.5 Å². The van der Waals surface area contributed by atoms with E-state index in [9.17, 15) is 19.2 Å². The predicted molar refractivity (Wildman–Crippen MR) is 162 cm³/mol. The second kappa shape index (κ2) is 13.5. The fraction of sp³-hybridized carbons (Fsp3) is 0.438. The molecule has 0 heterocycles. The fourth-order valence-electron chi connectivity index (χ4n) is 4.44. The van der Waals surface area contributed by atoms with Gasteiger partial charge in [0.05, 0.1) is 6.42 Å². The first-order valence-electron chi connectivity index (χ1n) is 13.7. The third-order valence-electron chi connectivity index (χ3n) is 6.85. The Hall–Kier alpha value is -4.14. The van der Waals surface area contributed by atoms with Crippen molar-refractivity contribution >= 4 is 35.6 Å². The number of rotatable bonds is 11. The lowest BCUT2D eigenvalue weighted by Gasteiger charge is -2.44. The third kappa shape index (κ3) is 8.93. The Morgan fingerprint density at radius 2 is 1.61 bits per heavy atom. The zero-order chi connectivity index (χ0) is 31.1. The highest BCUT2D eigenvalue weighted by Crippen LogP contribution is 2.34. The van der Waals surface area contributed by atoms with E-state index < -0.39 is 53.5 Å². The van der Waals surface area contributed by atoms with E-state index in [0.717, 1.165) is 16.7 Å². The van der Waals surface area contributed by atoms with E-state index in [1.807, 2.05) is 58.9 Å². The zero-order valence-corrected chi connectivity index (χ0v) is 25.5. The largest absolute Gasteiger partial charge is 0.444 e. The molecule has 9 nitrogen and oxygen atoms in total. The Balaban J connectivity index is 2.73. The van der Waals surface area contributed by atoms with Gasteiger partial charge in [-0.1, -0.05) is 56.0 Å². The molecule has 9 heteroatoms. The molecule has 0 spiro atoms. The summed E-state index contributed by atoms with van der Waals surface area (Å²) < 4.78 is 5.36. The Labute approximate surface area is 243 Å². The van der Waals surface area contributed by atoms with E-state index in [2.05, 4.69) is 17.2 Å². The van der Waals surface area contributed by atoms with Gasteiger partial charge in [0.15, 0.2) is 0 Å². The van der Waals surface area contributed by atoms with Crippen LogP contribution in [0.2, 0.25) is 0 Å². The molecule has 0 aromatic heterocycles. The van der Waals surface area contributed by atoms with Gasteiger partial charge in [-0.05, 0) is 83.2 Å². The predicted octanol–water partition coefficient (Wildman–Crippen LogP) is 5.41. The summed E-state index contributed by atoms with van der Waals surface area (Å²) in [6.07, 6.45) is 0.757. The van der Waals surface area contributed by atoms with Crippen molar-refractivity contribution in [3.05, 3.63) is 71.3 Å². The summed E-state index contributed by atoms with van der Waals surface area (Å²) in [6, 6.07) is 10.4. The highest BCUT2D eigenvalue weighted by molar-refractivity contribution is 6.00. The van der Waals surface area contributed by atoms with Gasteiger partial charge in [0, 0.05) is 11.2 Å². The minimum atomic E-state index is -1.37. The maximum atomic E-state index is 14.4. The Bertz CT molecular complexity index is 1270. The van der Waals surface area contributed by atoms with Crippen LogP contribution in [0, 0.1) is 13.8 Å². The minimum Gasteiger partial charge on any atom is -0.444 e. The van der Waals surface area contributed by atoms with Crippen molar-refractivity contribution in [1.82, 2.24) is 10.2 Å². The lowest BCUT2D eigenvalue weighted by Crippen LogP contribution is -2.59. The van der Waals surface area contributed by atoms with Gasteiger partial charge >= 0.3 is 6.09 Å². The smallest absolute Gasteiger partial charge is 0.408 e. The molecule has 222 valence electrons. The van der Waals surface area contributed by atoms with Crippen molar-refractivity contribution in [1.29, 1.82) is 0 Å². The first-order valence-corrected chi connectivity index (χ1v) is 13.7. The first-order chi connectivity index (χ1) is 19.0. The zero-order valence-electron chi connectivity index (χ0n) is 25.5. The number of benzene rings is 2. The summed E-state index contributed by atoms with van der Waals surface area (Å²) in [4.78, 5) is 54.9. The van der Waals surface area contributed by atoms with Crippen LogP contribution < -0.4 is 16.4 Å². The number of ether oxygens (including phenoxy) is 1. The van der Waals surface area contributed by atoms with Crippen LogP contribution in [0.15, 0.2) is 49.0 Å². The first kappa shape index (κ1) is 33.1. The SMILES string of the molecule is C=Cc1cccc(C(C(=O)Nc2c(C)cccc2C)N(C(=O)C(CC(N)=O)NC(=O)OC(C)(C)C)C(C)(C)CC)c1. The summed E-state index contributed by atoms with van der Waals surface area (Å²) in [5.74, 6) is -1.89. The van der Waals surface area contributed by atoms with Crippen LogP contribution in [-0.4, -0.2) is 45.9 Å². The standard InChI is InChI=1S/C32H44N4O5/c1-10-22-16-13-17-23(18-22)27(28(38)35-26-20(3)14-12-15-21(26)4)36(32(8,9)11-2)29(39)24(19-25(33)37)34-30(40)41-31(5,6)7/h10,12-18,24,27H,1,11,19H2,2-9H3,(H2,33,37)(H,34,40)(H,35,38). The molecule has 41 heavy (non-hydrogen) atoms. The van der Waals surface area contributed by atoms with Gasteiger partial charge in [0.1, 0.15) is 17.7 Å². The molecule has 0 saturated carbocycles. The number of nitrogens with zero attached hydrogens (tertiary/aromatic N) is 1. The quantitative estimate of drug-likeness (QED) is 0.336. The molecule has 0 aliphatic rings. The van der Waals surface area contributed by atoms with Gasteiger partial charge in [-0.15, -0.1) is 0 Å². The van der Waals surface area contributed by atoms with Crippen molar-refractivity contribution in [3.8, 4) is 0 Å². The van der Waals surface area contributed by atoms with E-state index in [-0.39, 0.29) is 0 Å². The number of nitrogens with two attached hydrogens (primary N) is 1. The number of amides is 4. The molecule has 0 aliphatic carbocycles. The summed E-state index contributed by atoms with van der Waals surface area (Å²) in [6.45, 7) is 18.2. The van der Waals surface area contributed by atoms with Crippen molar-refractivity contribution < 1.29 is 23.9 Å². The summed E-state index contributed by atoms with van der Waals surface area (Å²) in [5, 5.41) is 5.55. The van der Waals surface area contributed by atoms with Crippen molar-refractivity contribution in [2.75, 3.05) is 5.32 Å². The molecule has 4 amide bonds. The molecule has 0 fully saturated rings. The highest BCUT2D eigenvalue weighted by atomic mass is 16.6. The number of carbonyl (C=O) groups excluding carboxylic acids is 4. The van der Waals surface area contributed by atoms with Crippen LogP contribution in [-0.2, 0) is 19.1 Å². The van der Waals surface area contributed by atoms with E-state index in [0.29, 0.717) is 17.7 Å². The summed E-state index contributed by atoms with van der Waals surface area (Å²) in [7, 11) is 0. The number of primary amides is 1. The fourth-order valence-corrected chi connectivity index (χ4v) is 4.44. The molecule has 0 saturated heterocycles. The molecular formula is C32H44N4O5. The Kier molecular flexibility index (Phi) is 10.9. The van der Waals surface area contributed by atoms with E-state index >= 15 is 0 Å². The van der Waals surface area contributed by atoms with E-state index in [1.54, 1.807) is 45.0 Å². The van der Waals surface area contributed by atoms with Gasteiger partial charge in [0.25, 0.3) is 5.91 Å². The average molecular weight is 565 g/mol. The normalized spacial score (nSPS) is 13.0. The molecule has 2 aromatic carbocycles. The van der Waals surface area contributed by atoms with Gasteiger partial charge in [-0.2, -0.15) is 0 Å². The molecule has 0 radical (unpaired) electrons. The maximum absolute atomic E-state index is 14.4. The van der Waals surface area contributed by atoms with Crippen molar-refractivity contribution in [3.63, 3.8) is 0 Å².